The van der Waals surface area contributed by atoms with E-state index in [0.717, 1.165) is 19.3 Å². The van der Waals surface area contributed by atoms with Gasteiger partial charge in [-0.05, 0) is 6.42 Å². The molecule has 1 unspecified atom stereocenters. The molecule has 0 aliphatic carbocycles. The summed E-state index contributed by atoms with van der Waals surface area (Å²) in [7, 11) is 0. The van der Waals surface area contributed by atoms with Gasteiger partial charge in [0.15, 0.2) is 0 Å². The van der Waals surface area contributed by atoms with Crippen molar-refractivity contribution in [3.63, 3.8) is 0 Å². The Morgan fingerprint density at radius 2 is 2.23 bits per heavy atom. The second-order valence-electron chi connectivity index (χ2n) is 2.65. The Morgan fingerprint density at radius 1 is 1.46 bits per heavy atom. The first-order chi connectivity index (χ1) is 6.31. The average Bonchev–Trinajstić information content (AvgIpc) is 2.16. The van der Waals surface area contributed by atoms with Crippen LogP contribution in [-0.2, 0) is 4.74 Å². The molecule has 2 nitrogen and oxygen atoms in total. The average molecular weight is 180 g/mol. The van der Waals surface area contributed by atoms with Crippen molar-refractivity contribution in [2.75, 3.05) is 13.2 Å². The number of rotatable bonds is 5. The zero-order chi connectivity index (χ0) is 9.94. The molecule has 0 fully saturated rings. The van der Waals surface area contributed by atoms with Gasteiger partial charge in [0.25, 0.3) is 0 Å². The van der Waals surface area contributed by atoms with Gasteiger partial charge in [0.1, 0.15) is 12.7 Å². The van der Waals surface area contributed by atoms with Crippen LogP contribution in [-0.4, -0.2) is 24.4 Å². The minimum atomic E-state index is -0.808. The third kappa shape index (κ3) is 8.95. The molecular weight excluding hydrogens is 164 g/mol. The van der Waals surface area contributed by atoms with E-state index in [1.54, 1.807) is 0 Å². The van der Waals surface area contributed by atoms with Gasteiger partial charge in [-0.25, -0.2) is 0 Å². The standard InChI is InChI=1S/C11H16O2/c1-3-5-6-7-8-9-13-10-11(12)4-2/h2,11-12H,3,5-6,9-10H2,1H3. The van der Waals surface area contributed by atoms with Crippen molar-refractivity contribution in [2.24, 2.45) is 0 Å². The van der Waals surface area contributed by atoms with Crippen LogP contribution >= 0.6 is 0 Å². The van der Waals surface area contributed by atoms with E-state index < -0.39 is 6.10 Å². The fourth-order valence-corrected chi connectivity index (χ4v) is 0.674. The maximum atomic E-state index is 8.89. The monoisotopic (exact) mass is 180 g/mol. The highest BCUT2D eigenvalue weighted by Crippen LogP contribution is 1.90. The van der Waals surface area contributed by atoms with Gasteiger partial charge in [-0.2, -0.15) is 0 Å². The largest absolute Gasteiger partial charge is 0.378 e. The van der Waals surface area contributed by atoms with Crippen LogP contribution in [0.15, 0.2) is 0 Å². The number of ether oxygens (including phenoxy) is 1. The Labute approximate surface area is 80.3 Å². The zero-order valence-corrected chi connectivity index (χ0v) is 8.05. The van der Waals surface area contributed by atoms with E-state index in [1.165, 1.54) is 0 Å². The van der Waals surface area contributed by atoms with Crippen molar-refractivity contribution in [3.8, 4) is 24.2 Å². The maximum absolute atomic E-state index is 8.89. The summed E-state index contributed by atoms with van der Waals surface area (Å²) in [6.45, 7) is 2.64. The lowest BCUT2D eigenvalue weighted by Gasteiger charge is -2.00. The Hall–Kier alpha value is -0.960. The predicted molar refractivity (Wildman–Crippen MR) is 53.0 cm³/mol. The molecule has 72 valence electrons. The number of aliphatic hydroxyl groups excluding tert-OH is 1. The van der Waals surface area contributed by atoms with E-state index in [0.29, 0.717) is 6.61 Å². The van der Waals surface area contributed by atoms with E-state index in [2.05, 4.69) is 24.7 Å². The van der Waals surface area contributed by atoms with Gasteiger partial charge in [0.2, 0.25) is 0 Å². The highest BCUT2D eigenvalue weighted by Gasteiger charge is 1.95. The molecule has 0 rings (SSSR count). The van der Waals surface area contributed by atoms with Gasteiger partial charge in [0, 0.05) is 6.42 Å². The van der Waals surface area contributed by atoms with Gasteiger partial charge >= 0.3 is 0 Å². The van der Waals surface area contributed by atoms with Crippen LogP contribution in [0.1, 0.15) is 26.2 Å². The first-order valence-corrected chi connectivity index (χ1v) is 4.49. The van der Waals surface area contributed by atoms with Crippen molar-refractivity contribution in [3.05, 3.63) is 0 Å². The summed E-state index contributed by atoms with van der Waals surface area (Å²) in [5.74, 6) is 7.98. The topological polar surface area (TPSA) is 29.5 Å². The lowest BCUT2D eigenvalue weighted by atomic mass is 10.2. The lowest BCUT2D eigenvalue weighted by molar-refractivity contribution is 0.0822. The van der Waals surface area contributed by atoms with Crippen LogP contribution in [0.3, 0.4) is 0 Å². The van der Waals surface area contributed by atoms with Crippen LogP contribution in [0.2, 0.25) is 0 Å². The normalized spacial score (nSPS) is 11.2. The Kier molecular flexibility index (Phi) is 8.46. The second kappa shape index (κ2) is 9.13. The summed E-state index contributed by atoms with van der Waals surface area (Å²) in [5.41, 5.74) is 0. The van der Waals surface area contributed by atoms with Gasteiger partial charge in [-0.3, -0.25) is 0 Å². The van der Waals surface area contributed by atoms with Crippen molar-refractivity contribution in [1.29, 1.82) is 0 Å². The molecule has 0 aliphatic heterocycles. The maximum Gasteiger partial charge on any atom is 0.137 e. The van der Waals surface area contributed by atoms with E-state index in [4.69, 9.17) is 16.3 Å². The Balaban J connectivity index is 3.23. The molecule has 0 amide bonds. The molecule has 1 atom stereocenters. The predicted octanol–water partition coefficient (Wildman–Crippen LogP) is 1.19. The van der Waals surface area contributed by atoms with Gasteiger partial charge in [-0.1, -0.05) is 25.2 Å². The Bertz CT molecular complexity index is 204. The first kappa shape index (κ1) is 12.0. The third-order valence-electron chi connectivity index (χ3n) is 1.42. The first-order valence-electron chi connectivity index (χ1n) is 4.49. The van der Waals surface area contributed by atoms with Gasteiger partial charge in [0.05, 0.1) is 6.61 Å². The molecule has 0 bridgehead atoms. The summed E-state index contributed by atoms with van der Waals surface area (Å²) < 4.78 is 5.00. The molecule has 0 heterocycles. The molecular formula is C11H16O2. The zero-order valence-electron chi connectivity index (χ0n) is 8.05. The van der Waals surface area contributed by atoms with E-state index in [1.807, 2.05) is 0 Å². The molecule has 0 saturated carbocycles. The Morgan fingerprint density at radius 3 is 2.85 bits per heavy atom. The number of aliphatic hydroxyl groups is 1. The lowest BCUT2D eigenvalue weighted by Crippen LogP contribution is -2.12. The van der Waals surface area contributed by atoms with Crippen molar-refractivity contribution in [2.45, 2.75) is 32.3 Å². The summed E-state index contributed by atoms with van der Waals surface area (Å²) in [6, 6.07) is 0. The number of unbranched alkanes of at least 4 members (excludes halogenated alkanes) is 2. The number of hydrogen-bond acceptors (Lipinski definition) is 2. The third-order valence-corrected chi connectivity index (χ3v) is 1.42. The molecule has 0 aromatic heterocycles. The SMILES string of the molecule is C#CC(O)COCC#CCCCC. The van der Waals surface area contributed by atoms with Crippen LogP contribution in [0.5, 0.6) is 0 Å². The molecule has 0 aromatic carbocycles. The number of hydrogen-bond donors (Lipinski definition) is 1. The summed E-state index contributed by atoms with van der Waals surface area (Å²) >= 11 is 0. The van der Waals surface area contributed by atoms with E-state index in [-0.39, 0.29) is 6.61 Å². The fourth-order valence-electron chi connectivity index (χ4n) is 0.674. The summed E-state index contributed by atoms with van der Waals surface area (Å²) in [4.78, 5) is 0. The molecule has 13 heavy (non-hydrogen) atoms. The highest BCUT2D eigenvalue weighted by molar-refractivity contribution is 4.99. The molecule has 0 aromatic rings. The van der Waals surface area contributed by atoms with Crippen LogP contribution in [0, 0.1) is 24.2 Å². The van der Waals surface area contributed by atoms with Crippen molar-refractivity contribution in [1.82, 2.24) is 0 Å². The molecule has 0 spiro atoms. The smallest absolute Gasteiger partial charge is 0.137 e. The van der Waals surface area contributed by atoms with Crippen LogP contribution in [0.4, 0.5) is 0 Å². The van der Waals surface area contributed by atoms with E-state index >= 15 is 0 Å². The van der Waals surface area contributed by atoms with Crippen LogP contribution in [0.25, 0.3) is 0 Å². The summed E-state index contributed by atoms with van der Waals surface area (Å²) in [6.07, 6.45) is 7.33. The minimum absolute atomic E-state index is 0.166. The quantitative estimate of drug-likeness (QED) is 0.508. The molecule has 1 N–H and O–H groups in total. The van der Waals surface area contributed by atoms with Crippen molar-refractivity contribution >= 4 is 0 Å². The highest BCUT2D eigenvalue weighted by atomic mass is 16.5. The van der Waals surface area contributed by atoms with E-state index in [9.17, 15) is 0 Å². The molecule has 0 radical (unpaired) electrons. The van der Waals surface area contributed by atoms with Gasteiger partial charge in [-0.15, -0.1) is 12.3 Å². The van der Waals surface area contributed by atoms with Gasteiger partial charge < -0.3 is 9.84 Å². The molecule has 2 heteroatoms. The fraction of sp³-hybridized carbons (Fsp3) is 0.636. The molecule has 0 aliphatic rings. The molecule has 0 saturated heterocycles. The second-order valence-corrected chi connectivity index (χ2v) is 2.65. The van der Waals surface area contributed by atoms with Crippen LogP contribution < -0.4 is 0 Å². The number of terminal acetylenes is 1. The van der Waals surface area contributed by atoms with Crippen molar-refractivity contribution < 1.29 is 9.84 Å². The summed E-state index contributed by atoms with van der Waals surface area (Å²) in [5, 5.41) is 8.89. The minimum Gasteiger partial charge on any atom is -0.378 e.